The molecule has 1 aromatic heterocycles. The van der Waals surface area contributed by atoms with Gasteiger partial charge in [-0.2, -0.15) is 5.10 Å². The highest BCUT2D eigenvalue weighted by molar-refractivity contribution is 6.00. The van der Waals surface area contributed by atoms with Crippen LogP contribution in [0, 0.1) is 0 Å². The van der Waals surface area contributed by atoms with Crippen LogP contribution in [0.5, 0.6) is 17.2 Å². The fourth-order valence-electron chi connectivity index (χ4n) is 2.79. The van der Waals surface area contributed by atoms with E-state index in [1.807, 2.05) is 36.4 Å². The molecule has 0 saturated heterocycles. The molecule has 0 unspecified atom stereocenters. The summed E-state index contributed by atoms with van der Waals surface area (Å²) in [6.07, 6.45) is 1.55. The second-order valence-corrected chi connectivity index (χ2v) is 5.71. The SMILES string of the molecule is COc1cccc2[nH]c(C(=O)N/N=C\c3ccc4c(c3)OCCO4)cc12. The maximum absolute atomic E-state index is 12.3. The quantitative estimate of drug-likeness (QED) is 0.559. The molecule has 2 heterocycles. The number of fused-ring (bicyclic) bond motifs is 2. The Labute approximate surface area is 149 Å². The standard InChI is InChI=1S/C19H17N3O4/c1-24-16-4-2-3-14-13(16)10-15(21-14)19(23)22-20-11-12-5-6-17-18(9-12)26-8-7-25-17/h2-6,9-11,21H,7-8H2,1H3,(H,22,23)/b20-11-. The van der Waals surface area contributed by atoms with Crippen LogP contribution < -0.4 is 19.6 Å². The summed E-state index contributed by atoms with van der Waals surface area (Å²) in [5, 5.41) is 4.85. The Balaban J connectivity index is 1.47. The number of hydrogen-bond acceptors (Lipinski definition) is 5. The maximum atomic E-state index is 12.3. The molecule has 0 atom stereocenters. The molecule has 3 aromatic rings. The number of hydrogen-bond donors (Lipinski definition) is 2. The minimum Gasteiger partial charge on any atom is -0.496 e. The Morgan fingerprint density at radius 3 is 2.88 bits per heavy atom. The van der Waals surface area contributed by atoms with Crippen molar-refractivity contribution in [3.63, 3.8) is 0 Å². The van der Waals surface area contributed by atoms with Crippen molar-refractivity contribution in [2.24, 2.45) is 5.10 Å². The molecule has 2 aromatic carbocycles. The number of hydrazone groups is 1. The van der Waals surface area contributed by atoms with Crippen LogP contribution in [-0.4, -0.2) is 37.4 Å². The molecule has 4 rings (SSSR count). The van der Waals surface area contributed by atoms with Crippen LogP contribution in [0.3, 0.4) is 0 Å². The number of rotatable bonds is 4. The average Bonchev–Trinajstić information content (AvgIpc) is 3.12. The Morgan fingerprint density at radius 2 is 2.04 bits per heavy atom. The predicted molar refractivity (Wildman–Crippen MR) is 97.3 cm³/mol. The third-order valence-corrected chi connectivity index (χ3v) is 4.03. The Morgan fingerprint density at radius 1 is 1.19 bits per heavy atom. The number of carbonyl (C=O) groups excluding carboxylic acids is 1. The van der Waals surface area contributed by atoms with Gasteiger partial charge in [0.15, 0.2) is 11.5 Å². The summed E-state index contributed by atoms with van der Waals surface area (Å²) in [6.45, 7) is 1.07. The van der Waals surface area contributed by atoms with E-state index in [2.05, 4.69) is 15.5 Å². The first kappa shape index (κ1) is 16.0. The van der Waals surface area contributed by atoms with Gasteiger partial charge in [-0.15, -0.1) is 0 Å². The van der Waals surface area contributed by atoms with Crippen LogP contribution in [-0.2, 0) is 0 Å². The summed E-state index contributed by atoms with van der Waals surface area (Å²) < 4.78 is 16.3. The highest BCUT2D eigenvalue weighted by Crippen LogP contribution is 2.30. The number of ether oxygens (including phenoxy) is 3. The number of benzene rings is 2. The second-order valence-electron chi connectivity index (χ2n) is 5.71. The van der Waals surface area contributed by atoms with Crippen molar-refractivity contribution >= 4 is 23.0 Å². The average molecular weight is 351 g/mol. The van der Waals surface area contributed by atoms with E-state index in [9.17, 15) is 4.79 Å². The Kier molecular flexibility index (Phi) is 4.18. The van der Waals surface area contributed by atoms with Crippen LogP contribution in [0.1, 0.15) is 16.1 Å². The highest BCUT2D eigenvalue weighted by Gasteiger charge is 2.12. The van der Waals surface area contributed by atoms with E-state index in [4.69, 9.17) is 14.2 Å². The van der Waals surface area contributed by atoms with Crippen molar-refractivity contribution in [2.75, 3.05) is 20.3 Å². The van der Waals surface area contributed by atoms with Crippen LogP contribution in [0.4, 0.5) is 0 Å². The minimum atomic E-state index is -0.336. The van der Waals surface area contributed by atoms with Crippen molar-refractivity contribution in [1.82, 2.24) is 10.4 Å². The molecule has 0 radical (unpaired) electrons. The van der Waals surface area contributed by atoms with Crippen LogP contribution in [0.25, 0.3) is 10.9 Å². The van der Waals surface area contributed by atoms with Crippen molar-refractivity contribution in [3.05, 3.63) is 53.7 Å². The van der Waals surface area contributed by atoms with Crippen molar-refractivity contribution in [3.8, 4) is 17.2 Å². The van der Waals surface area contributed by atoms with Gasteiger partial charge >= 0.3 is 0 Å². The summed E-state index contributed by atoms with van der Waals surface area (Å²) >= 11 is 0. The lowest BCUT2D eigenvalue weighted by Gasteiger charge is -2.18. The van der Waals surface area contributed by atoms with Crippen molar-refractivity contribution in [2.45, 2.75) is 0 Å². The van der Waals surface area contributed by atoms with Crippen LogP contribution >= 0.6 is 0 Å². The third kappa shape index (κ3) is 3.06. The monoisotopic (exact) mass is 351 g/mol. The zero-order valence-corrected chi connectivity index (χ0v) is 14.1. The molecule has 1 amide bonds. The molecular formula is C19H17N3O4. The number of amides is 1. The summed E-state index contributed by atoms with van der Waals surface area (Å²) in [6, 6.07) is 12.8. The van der Waals surface area contributed by atoms with Gasteiger partial charge in [0.05, 0.1) is 13.3 Å². The molecule has 0 bridgehead atoms. The number of nitrogens with one attached hydrogen (secondary N) is 2. The largest absolute Gasteiger partial charge is 0.496 e. The van der Waals surface area contributed by atoms with Gasteiger partial charge in [-0.3, -0.25) is 4.79 Å². The second kappa shape index (κ2) is 6.79. The van der Waals surface area contributed by atoms with Gasteiger partial charge in [-0.05, 0) is 42.0 Å². The summed E-state index contributed by atoms with van der Waals surface area (Å²) in [4.78, 5) is 15.4. The molecule has 2 N–H and O–H groups in total. The molecule has 1 aliphatic heterocycles. The smallest absolute Gasteiger partial charge is 0.287 e. The van der Waals surface area contributed by atoms with Crippen LogP contribution in [0.2, 0.25) is 0 Å². The first-order valence-corrected chi connectivity index (χ1v) is 8.13. The fraction of sp³-hybridized carbons (Fsp3) is 0.158. The molecule has 7 heteroatoms. The molecule has 0 saturated carbocycles. The molecule has 7 nitrogen and oxygen atoms in total. The normalized spacial score (nSPS) is 13.1. The first-order valence-electron chi connectivity index (χ1n) is 8.13. The highest BCUT2D eigenvalue weighted by atomic mass is 16.6. The Bertz CT molecular complexity index is 994. The molecule has 26 heavy (non-hydrogen) atoms. The van der Waals surface area contributed by atoms with E-state index < -0.39 is 0 Å². The minimum absolute atomic E-state index is 0.336. The van der Waals surface area contributed by atoms with E-state index in [0.29, 0.717) is 36.2 Å². The third-order valence-electron chi connectivity index (χ3n) is 4.03. The van der Waals surface area contributed by atoms with E-state index in [0.717, 1.165) is 16.5 Å². The lowest BCUT2D eigenvalue weighted by molar-refractivity contribution is 0.0951. The zero-order chi connectivity index (χ0) is 17.9. The number of aromatic nitrogens is 1. The topological polar surface area (TPSA) is 84.9 Å². The molecule has 132 valence electrons. The Hall–Kier alpha value is -3.48. The van der Waals surface area contributed by atoms with Crippen molar-refractivity contribution < 1.29 is 19.0 Å². The number of H-pyrrole nitrogens is 1. The van der Waals surface area contributed by atoms with Crippen molar-refractivity contribution in [1.29, 1.82) is 0 Å². The van der Waals surface area contributed by atoms with E-state index in [-0.39, 0.29) is 5.91 Å². The van der Waals surface area contributed by atoms with Gasteiger partial charge in [0, 0.05) is 10.9 Å². The van der Waals surface area contributed by atoms with Gasteiger partial charge < -0.3 is 19.2 Å². The van der Waals surface area contributed by atoms with Gasteiger partial charge in [-0.1, -0.05) is 6.07 Å². The summed E-state index contributed by atoms with van der Waals surface area (Å²) in [7, 11) is 1.60. The first-order chi connectivity index (χ1) is 12.7. The van der Waals surface area contributed by atoms with Gasteiger partial charge in [0.2, 0.25) is 0 Å². The number of carbonyl (C=O) groups is 1. The van der Waals surface area contributed by atoms with Gasteiger partial charge in [0.1, 0.15) is 24.7 Å². The predicted octanol–water partition coefficient (Wildman–Crippen LogP) is 2.71. The van der Waals surface area contributed by atoms with Gasteiger partial charge in [0.25, 0.3) is 5.91 Å². The molecule has 1 aliphatic rings. The lowest BCUT2D eigenvalue weighted by atomic mass is 10.2. The molecule has 0 spiro atoms. The summed E-state index contributed by atoms with van der Waals surface area (Å²) in [5.74, 6) is 1.76. The molecule has 0 aliphatic carbocycles. The van der Waals surface area contributed by atoms with E-state index in [1.54, 1.807) is 19.4 Å². The van der Waals surface area contributed by atoms with E-state index >= 15 is 0 Å². The maximum Gasteiger partial charge on any atom is 0.287 e. The van der Waals surface area contributed by atoms with Gasteiger partial charge in [-0.25, -0.2) is 5.43 Å². The molecular weight excluding hydrogens is 334 g/mol. The molecule has 0 fully saturated rings. The zero-order valence-electron chi connectivity index (χ0n) is 14.1. The number of methoxy groups -OCH3 is 1. The fourth-order valence-corrected chi connectivity index (χ4v) is 2.79. The van der Waals surface area contributed by atoms with Crippen LogP contribution in [0.15, 0.2) is 47.6 Å². The number of nitrogens with zero attached hydrogens (tertiary/aromatic N) is 1. The number of aromatic amines is 1. The summed E-state index contributed by atoms with van der Waals surface area (Å²) in [5.41, 5.74) is 4.54. The van der Waals surface area contributed by atoms with E-state index in [1.165, 1.54) is 0 Å². The lowest BCUT2D eigenvalue weighted by Crippen LogP contribution is -2.18.